The second kappa shape index (κ2) is 19.5. The van der Waals surface area contributed by atoms with Gasteiger partial charge in [-0.25, -0.2) is 41.5 Å². The van der Waals surface area contributed by atoms with Crippen LogP contribution in [0.5, 0.6) is 0 Å². The van der Waals surface area contributed by atoms with Gasteiger partial charge in [-0.15, -0.1) is 0 Å². The zero-order valence-corrected chi connectivity index (χ0v) is 38.0. The maximum absolute atomic E-state index is 15.9. The summed E-state index contributed by atoms with van der Waals surface area (Å²) in [6.07, 6.45) is -3.73. The van der Waals surface area contributed by atoms with Gasteiger partial charge in [-0.2, -0.15) is 0 Å². The Labute approximate surface area is 372 Å². The number of hydrogen-bond acceptors (Lipinski definition) is 19. The Morgan fingerprint density at radius 3 is 1.82 bits per heavy atom. The minimum absolute atomic E-state index is 0.205. The number of carbonyl (C=O) groups excluding carboxylic acids is 2. The number of nitrogens with zero attached hydrogens (tertiary/aromatic N) is 2. The maximum atomic E-state index is 15.9. The van der Waals surface area contributed by atoms with E-state index >= 15 is 4.39 Å². The lowest BCUT2D eigenvalue weighted by molar-refractivity contribution is -0.234. The lowest BCUT2D eigenvalue weighted by atomic mass is 9.94. The van der Waals surface area contributed by atoms with Gasteiger partial charge in [-0.1, -0.05) is 60.7 Å². The van der Waals surface area contributed by atoms with E-state index in [-0.39, 0.29) is 13.2 Å². The van der Waals surface area contributed by atoms with E-state index in [1.54, 1.807) is 88.4 Å². The van der Waals surface area contributed by atoms with Crippen molar-refractivity contribution in [3.63, 3.8) is 0 Å². The van der Waals surface area contributed by atoms with Gasteiger partial charge in [0.2, 0.25) is 13.6 Å². The summed E-state index contributed by atoms with van der Waals surface area (Å²) in [7, 11) is -9.56. The van der Waals surface area contributed by atoms with Crippen molar-refractivity contribution in [1.82, 2.24) is 9.13 Å². The molecule has 21 nitrogen and oxygen atoms in total. The molecule has 3 heterocycles. The molecule has 1 unspecified atom stereocenters. The molecule has 0 N–H and O–H groups in total. The number of phosphoric ester groups is 2. The number of alkyl halides is 1. The first-order chi connectivity index (χ1) is 30.9. The summed E-state index contributed by atoms with van der Waals surface area (Å²) in [6, 6.07) is 18.5. The number of halogens is 1. The van der Waals surface area contributed by atoms with E-state index in [9.17, 15) is 28.3 Å². The van der Waals surface area contributed by atoms with Crippen molar-refractivity contribution in [2.45, 2.75) is 127 Å². The second-order valence-electron chi connectivity index (χ2n) is 16.2. The molecule has 65 heavy (non-hydrogen) atoms. The zero-order valence-electron chi connectivity index (χ0n) is 36.2. The predicted molar refractivity (Wildman–Crippen MR) is 219 cm³/mol. The van der Waals surface area contributed by atoms with Gasteiger partial charge in [0, 0.05) is 25.1 Å². The lowest BCUT2D eigenvalue weighted by Crippen LogP contribution is -2.51. The van der Waals surface area contributed by atoms with Gasteiger partial charge in [0.1, 0.15) is 25.1 Å². The topological polar surface area (TPSA) is 232 Å². The Morgan fingerprint density at radius 1 is 0.769 bits per heavy atom. The minimum atomic E-state index is -5.05. The third kappa shape index (κ3) is 10.0. The van der Waals surface area contributed by atoms with Crippen molar-refractivity contribution in [2.75, 3.05) is 20.3 Å². The number of hydrogen-bond donors (Lipinski definition) is 0. The van der Waals surface area contributed by atoms with Crippen LogP contribution in [0.15, 0.2) is 82.5 Å². The van der Waals surface area contributed by atoms with Crippen LogP contribution in [0.25, 0.3) is 0 Å². The highest BCUT2D eigenvalue weighted by Crippen LogP contribution is 2.79. The summed E-state index contributed by atoms with van der Waals surface area (Å²) in [4.78, 5) is 51.9. The largest absolute Gasteiger partial charge is 0.510 e. The first-order valence-corrected chi connectivity index (χ1v) is 23.7. The molecule has 7 rings (SSSR count). The van der Waals surface area contributed by atoms with Gasteiger partial charge in [-0.05, 0) is 58.6 Å². The molecule has 0 amide bonds. The van der Waals surface area contributed by atoms with Crippen LogP contribution in [0.4, 0.5) is 14.0 Å². The van der Waals surface area contributed by atoms with Gasteiger partial charge in [0.05, 0.1) is 25.4 Å². The average Bonchev–Trinajstić information content (AvgIpc) is 3.55. The fraction of sp³-hybridized carbons (Fsp3) is 0.561. The van der Waals surface area contributed by atoms with E-state index in [1.165, 1.54) is 6.92 Å². The van der Waals surface area contributed by atoms with Crippen LogP contribution in [0.3, 0.4) is 0 Å². The Morgan fingerprint density at radius 2 is 1.31 bits per heavy atom. The number of aromatic nitrogens is 2. The normalized spacial score (nSPS) is 25.4. The molecule has 356 valence electrons. The van der Waals surface area contributed by atoms with Gasteiger partial charge in [0.25, 0.3) is 5.56 Å². The highest BCUT2D eigenvalue weighted by molar-refractivity contribution is 7.48. The van der Waals surface area contributed by atoms with Gasteiger partial charge < -0.3 is 33.2 Å². The molecular formula is C41H51FN2O19P2. The molecule has 3 aromatic rings. The monoisotopic (exact) mass is 956 g/mol. The molecule has 1 aromatic heterocycles. The van der Waals surface area contributed by atoms with Crippen molar-refractivity contribution in [3.8, 4) is 0 Å². The first-order valence-electron chi connectivity index (χ1n) is 20.7. The van der Waals surface area contributed by atoms with E-state index in [0.717, 1.165) is 16.8 Å². The van der Waals surface area contributed by atoms with Gasteiger partial charge >= 0.3 is 33.6 Å². The highest BCUT2D eigenvalue weighted by Gasteiger charge is 2.99. The number of rotatable bonds is 21. The van der Waals surface area contributed by atoms with Crippen LogP contribution >= 0.6 is 15.6 Å². The molecule has 24 heteroatoms. The second-order valence-corrected chi connectivity index (χ2v) is 19.5. The van der Waals surface area contributed by atoms with Crippen LogP contribution in [-0.4, -0.2) is 82.6 Å². The fourth-order valence-corrected chi connectivity index (χ4v) is 10.4. The number of phosphoric acid groups is 2. The summed E-state index contributed by atoms with van der Waals surface area (Å²) in [5, 5.41) is 0. The van der Waals surface area contributed by atoms with Crippen molar-refractivity contribution >= 4 is 28.0 Å². The third-order valence-corrected chi connectivity index (χ3v) is 13.6. The zero-order chi connectivity index (χ0) is 46.7. The third-order valence-electron chi connectivity index (χ3n) is 11.0. The number of carbonyl (C=O) groups is 2. The van der Waals surface area contributed by atoms with Crippen LogP contribution in [0.1, 0.15) is 77.7 Å². The summed E-state index contributed by atoms with van der Waals surface area (Å²) in [5.74, 6) is -1.35. The van der Waals surface area contributed by atoms with E-state index in [0.29, 0.717) is 41.4 Å². The van der Waals surface area contributed by atoms with Crippen molar-refractivity contribution in [3.05, 3.63) is 105 Å². The quantitative estimate of drug-likeness (QED) is 0.0585. The van der Waals surface area contributed by atoms with E-state index in [1.807, 2.05) is 0 Å². The maximum Gasteiger partial charge on any atom is 0.510 e. The summed E-state index contributed by atoms with van der Waals surface area (Å²) >= 11 is 0. The van der Waals surface area contributed by atoms with Crippen molar-refractivity contribution in [1.29, 1.82) is 0 Å². The number of benzene rings is 2. The molecule has 2 spiro atoms. The van der Waals surface area contributed by atoms with Crippen molar-refractivity contribution < 1.29 is 83.4 Å². The highest BCUT2D eigenvalue weighted by atomic mass is 31.2. The number of ether oxygens (including phenoxy) is 7. The molecule has 5 atom stereocenters. The lowest BCUT2D eigenvalue weighted by Gasteiger charge is -2.35. The van der Waals surface area contributed by atoms with E-state index in [2.05, 4.69) is 0 Å². The van der Waals surface area contributed by atoms with Gasteiger partial charge in [0.15, 0.2) is 23.2 Å². The predicted octanol–water partition coefficient (Wildman–Crippen LogP) is 7.16. The Balaban J connectivity index is 1.16. The molecule has 2 aliphatic carbocycles. The standard InChI is InChI=1S/C41H51FN2O19P2/c1-28(2)58-36(47)51-26-56-65(50,57-27-52-37(48)59-29(3)4)61-33-40(24-42)41(33)38(5,62-39(63-41)19-12-13-20-39)34(60-40)43-21-18-32(45)44(35(43)46)25-55-64(49,53-22-30-14-8-6-9-15-30)54-23-31-16-10-7-11-17-31/h6-11,14-18,21,28-29,33-34H,12-13,19-20,22-27H2,1-5H3/t33?,34-,38+,40-,41+/m1/s1. The van der Waals surface area contributed by atoms with Gasteiger partial charge in [-0.3, -0.25) is 27.5 Å². The van der Waals surface area contributed by atoms with Crippen LogP contribution in [0.2, 0.25) is 0 Å². The molecule has 2 saturated carbocycles. The molecule has 0 bridgehead atoms. The summed E-state index contributed by atoms with van der Waals surface area (Å²) < 4.78 is 118. The van der Waals surface area contributed by atoms with Crippen LogP contribution in [0, 0.1) is 0 Å². The summed E-state index contributed by atoms with van der Waals surface area (Å²) in [6.45, 7) is 2.86. The fourth-order valence-electron chi connectivity index (χ4n) is 8.12. The van der Waals surface area contributed by atoms with E-state index in [4.69, 9.17) is 60.3 Å². The Kier molecular flexibility index (Phi) is 14.6. The molecule has 2 aromatic carbocycles. The molecule has 4 aliphatic rings. The summed E-state index contributed by atoms with van der Waals surface area (Å²) in [5.41, 5.74) is -6.69. The molecule has 2 aliphatic heterocycles. The molecular weight excluding hydrogens is 905 g/mol. The SMILES string of the molecule is CC(C)OC(=O)OCOP(=O)(OCOC(=O)OC(C)C)OC1[C@]23OC4(CCCC4)O[C@@]2(C)[C@H](n2ccc(=O)n(COP(=O)(OCc4ccccc4)OCc4ccccc4)c2=O)O[C@]13CF. The molecule has 2 saturated heterocycles. The Hall–Kier alpha value is -4.31. The smallest absolute Gasteiger partial charge is 0.432 e. The van der Waals surface area contributed by atoms with E-state index < -0.39 is 113 Å². The van der Waals surface area contributed by atoms with Crippen LogP contribution in [-0.2, 0) is 89.4 Å². The Bertz CT molecular complexity index is 2300. The molecule has 0 radical (unpaired) electrons. The van der Waals surface area contributed by atoms with Crippen LogP contribution < -0.4 is 11.2 Å². The minimum Gasteiger partial charge on any atom is -0.432 e. The first kappa shape index (κ1) is 48.6. The van der Waals surface area contributed by atoms with Crippen molar-refractivity contribution in [2.24, 2.45) is 0 Å². The molecule has 4 fully saturated rings. The average molecular weight is 957 g/mol.